The molecular weight excluding hydrogens is 358 g/mol. The van der Waals surface area contributed by atoms with Crippen LogP contribution in [-0.4, -0.2) is 53.4 Å². The van der Waals surface area contributed by atoms with Crippen LogP contribution in [0.25, 0.3) is 0 Å². The molecule has 3 heterocycles. The molecular formula is C18H20ClN3O2S. The number of benzene rings is 1. The van der Waals surface area contributed by atoms with Crippen LogP contribution in [-0.2, 0) is 16.0 Å². The quantitative estimate of drug-likeness (QED) is 0.514. The Morgan fingerprint density at radius 3 is 2.52 bits per heavy atom. The number of amides is 2. The third kappa shape index (κ3) is 2.10. The van der Waals surface area contributed by atoms with Gasteiger partial charge >= 0.3 is 0 Å². The number of carbonyl (C=O) groups excluding carboxylic acids is 2. The van der Waals surface area contributed by atoms with Gasteiger partial charge in [-0.25, -0.2) is 0 Å². The van der Waals surface area contributed by atoms with Crippen LogP contribution in [0.15, 0.2) is 18.2 Å². The van der Waals surface area contributed by atoms with Crippen LogP contribution in [0.1, 0.15) is 24.8 Å². The zero-order valence-electron chi connectivity index (χ0n) is 14.3. The van der Waals surface area contributed by atoms with Crippen molar-refractivity contribution >= 4 is 46.4 Å². The van der Waals surface area contributed by atoms with Gasteiger partial charge in [-0.2, -0.15) is 0 Å². The summed E-state index contributed by atoms with van der Waals surface area (Å²) >= 11 is 11.7. The van der Waals surface area contributed by atoms with Gasteiger partial charge in [0, 0.05) is 37.8 Å². The molecule has 0 radical (unpaired) electrons. The Balaban J connectivity index is 1.94. The molecule has 2 amide bonds. The minimum atomic E-state index is -1.15. The van der Waals surface area contributed by atoms with E-state index in [-0.39, 0.29) is 23.0 Å². The maximum Gasteiger partial charge on any atom is 0.246 e. The van der Waals surface area contributed by atoms with E-state index in [9.17, 15) is 9.59 Å². The zero-order chi connectivity index (χ0) is 17.9. The summed E-state index contributed by atoms with van der Waals surface area (Å²) < 4.78 is 0. The third-order valence-corrected chi connectivity index (χ3v) is 6.78. The second kappa shape index (κ2) is 5.68. The second-order valence-electron chi connectivity index (χ2n) is 7.10. The Hall–Kier alpha value is -1.66. The van der Waals surface area contributed by atoms with Crippen molar-refractivity contribution in [3.8, 4) is 0 Å². The third-order valence-electron chi connectivity index (χ3n) is 5.88. The van der Waals surface area contributed by atoms with Gasteiger partial charge in [0.05, 0.1) is 6.04 Å². The lowest BCUT2D eigenvalue weighted by Crippen LogP contribution is -2.72. The molecule has 1 unspecified atom stereocenters. The van der Waals surface area contributed by atoms with E-state index in [0.717, 1.165) is 37.1 Å². The second-order valence-corrected chi connectivity index (χ2v) is 7.87. The predicted molar refractivity (Wildman–Crippen MR) is 101 cm³/mol. The van der Waals surface area contributed by atoms with Crippen LogP contribution in [0, 0.1) is 5.41 Å². The largest absolute Gasteiger partial charge is 0.367 e. The van der Waals surface area contributed by atoms with Crippen LogP contribution in [0.4, 0.5) is 5.69 Å². The van der Waals surface area contributed by atoms with Gasteiger partial charge in [0.1, 0.15) is 0 Å². The molecule has 5 nitrogen and oxygen atoms in total. The Bertz CT molecular complexity index is 773. The number of carbonyl (C=O) groups is 2. The first-order valence-corrected chi connectivity index (χ1v) is 9.32. The minimum Gasteiger partial charge on any atom is -0.367 e. The summed E-state index contributed by atoms with van der Waals surface area (Å²) in [6.45, 7) is 0.832. The lowest BCUT2D eigenvalue weighted by molar-refractivity contribution is -0.157. The summed E-state index contributed by atoms with van der Waals surface area (Å²) in [6, 6.07) is 5.65. The molecule has 4 rings (SSSR count). The van der Waals surface area contributed by atoms with Crippen LogP contribution < -0.4 is 4.90 Å². The van der Waals surface area contributed by atoms with Gasteiger partial charge in [-0.05, 0) is 49.2 Å². The topological polar surface area (TPSA) is 43.9 Å². The van der Waals surface area contributed by atoms with Crippen LogP contribution in [0.3, 0.4) is 0 Å². The minimum absolute atomic E-state index is 0.153. The summed E-state index contributed by atoms with van der Waals surface area (Å²) in [5.41, 5.74) is 0.796. The van der Waals surface area contributed by atoms with Gasteiger partial charge < -0.3 is 4.90 Å². The summed E-state index contributed by atoms with van der Waals surface area (Å²) in [5.74, 6) is -0.411. The highest BCUT2D eigenvalue weighted by molar-refractivity contribution is 7.80. The normalized spacial score (nSPS) is 25.3. The molecule has 1 aromatic rings. The fourth-order valence-electron chi connectivity index (χ4n) is 4.65. The average molecular weight is 378 g/mol. The summed E-state index contributed by atoms with van der Waals surface area (Å²) in [7, 11) is 3.31. The highest BCUT2D eigenvalue weighted by atomic mass is 35.5. The van der Waals surface area contributed by atoms with E-state index in [2.05, 4.69) is 4.90 Å². The Labute approximate surface area is 157 Å². The highest BCUT2D eigenvalue weighted by Crippen LogP contribution is 2.49. The van der Waals surface area contributed by atoms with E-state index in [1.54, 1.807) is 14.1 Å². The van der Waals surface area contributed by atoms with Gasteiger partial charge in [-0.3, -0.25) is 19.4 Å². The van der Waals surface area contributed by atoms with Gasteiger partial charge in [0.15, 0.2) is 10.5 Å². The van der Waals surface area contributed by atoms with Crippen molar-refractivity contribution in [1.82, 2.24) is 9.80 Å². The van der Waals surface area contributed by atoms with Crippen LogP contribution in [0.5, 0.6) is 0 Å². The Kier molecular flexibility index (Phi) is 3.81. The summed E-state index contributed by atoms with van der Waals surface area (Å²) in [4.78, 5) is 31.9. The van der Waals surface area contributed by atoms with E-state index in [1.165, 1.54) is 9.80 Å². The van der Waals surface area contributed by atoms with E-state index in [4.69, 9.17) is 23.8 Å². The number of hydrogen-bond acceptors (Lipinski definition) is 4. The lowest BCUT2D eigenvalue weighted by atomic mass is 9.66. The first-order chi connectivity index (χ1) is 11.9. The van der Waals surface area contributed by atoms with E-state index >= 15 is 0 Å². The predicted octanol–water partition coefficient (Wildman–Crippen LogP) is 2.46. The van der Waals surface area contributed by atoms with E-state index in [0.29, 0.717) is 11.4 Å². The molecule has 3 aliphatic heterocycles. The number of hydrogen-bond donors (Lipinski definition) is 0. The van der Waals surface area contributed by atoms with Crippen molar-refractivity contribution in [1.29, 1.82) is 0 Å². The number of rotatable bonds is 0. The van der Waals surface area contributed by atoms with Gasteiger partial charge in [-0.1, -0.05) is 17.7 Å². The first-order valence-electron chi connectivity index (χ1n) is 8.54. The molecule has 0 aromatic heterocycles. The molecule has 0 aliphatic carbocycles. The molecule has 1 aromatic carbocycles. The van der Waals surface area contributed by atoms with Crippen molar-refractivity contribution in [2.24, 2.45) is 5.41 Å². The van der Waals surface area contributed by atoms with Crippen molar-refractivity contribution in [3.63, 3.8) is 0 Å². The molecule has 2 saturated heterocycles. The maximum atomic E-state index is 13.4. The summed E-state index contributed by atoms with van der Waals surface area (Å²) in [6.07, 6.45) is 3.21. The first kappa shape index (κ1) is 16.8. The van der Waals surface area contributed by atoms with Crippen molar-refractivity contribution in [2.75, 3.05) is 25.5 Å². The Morgan fingerprint density at radius 1 is 1.16 bits per heavy atom. The molecule has 1 atom stereocenters. The Morgan fingerprint density at radius 2 is 1.84 bits per heavy atom. The summed E-state index contributed by atoms with van der Waals surface area (Å²) in [5, 5.41) is 0.868. The van der Waals surface area contributed by atoms with E-state index < -0.39 is 5.41 Å². The van der Waals surface area contributed by atoms with Gasteiger partial charge in [-0.15, -0.1) is 0 Å². The van der Waals surface area contributed by atoms with Crippen LogP contribution in [0.2, 0.25) is 5.02 Å². The number of nitrogens with zero attached hydrogens (tertiary/aromatic N) is 3. The van der Waals surface area contributed by atoms with Crippen molar-refractivity contribution in [2.45, 2.75) is 31.7 Å². The smallest absolute Gasteiger partial charge is 0.246 e. The standard InChI is InChI=1S/C18H20ClN3O2S/c1-20-15(23)18(16(24)21(2)17(20)25)10-11-12(19)6-5-7-13(11)22-9-4-3-8-14(18)22/h5-7,14H,3-4,8-10H2,1-2H3. The van der Waals surface area contributed by atoms with Crippen LogP contribution >= 0.6 is 23.8 Å². The highest BCUT2D eigenvalue weighted by Gasteiger charge is 2.62. The molecule has 132 valence electrons. The lowest BCUT2D eigenvalue weighted by Gasteiger charge is -2.55. The molecule has 2 fully saturated rings. The molecule has 7 heteroatoms. The monoisotopic (exact) mass is 377 g/mol. The average Bonchev–Trinajstić information content (AvgIpc) is 2.64. The molecule has 25 heavy (non-hydrogen) atoms. The fraction of sp³-hybridized carbons (Fsp3) is 0.500. The SMILES string of the molecule is CN1C(=O)C2(Cc3c(Cl)cccc3N3CCCCC32)C(=O)N(C)C1=S. The molecule has 0 bridgehead atoms. The fourth-order valence-corrected chi connectivity index (χ4v) is 5.05. The maximum absolute atomic E-state index is 13.4. The molecule has 0 saturated carbocycles. The van der Waals surface area contributed by atoms with E-state index in [1.807, 2.05) is 18.2 Å². The molecule has 0 N–H and O–H groups in total. The number of anilines is 1. The molecule has 1 spiro atoms. The zero-order valence-corrected chi connectivity index (χ0v) is 15.9. The number of piperidine rings is 1. The van der Waals surface area contributed by atoms with Crippen molar-refractivity contribution in [3.05, 3.63) is 28.8 Å². The number of thiocarbonyl (C=S) groups is 1. The number of fused-ring (bicyclic) bond motifs is 4. The van der Waals surface area contributed by atoms with Gasteiger partial charge in [0.25, 0.3) is 0 Å². The molecule has 3 aliphatic rings. The number of halogens is 1. The van der Waals surface area contributed by atoms with Gasteiger partial charge in [0.2, 0.25) is 11.8 Å². The van der Waals surface area contributed by atoms with Crippen molar-refractivity contribution < 1.29 is 9.59 Å².